The van der Waals surface area contributed by atoms with Gasteiger partial charge in [0, 0.05) is 13.1 Å². The third-order valence-corrected chi connectivity index (χ3v) is 7.19. The van der Waals surface area contributed by atoms with Gasteiger partial charge in [-0.25, -0.2) is 4.79 Å². The van der Waals surface area contributed by atoms with E-state index in [2.05, 4.69) is 4.90 Å². The molecule has 9 nitrogen and oxygen atoms in total. The average Bonchev–Trinajstić information content (AvgIpc) is 3.45. The van der Waals surface area contributed by atoms with E-state index in [-0.39, 0.29) is 47.5 Å². The highest BCUT2D eigenvalue weighted by atomic mass is 16.5. The number of likely N-dealkylation sites (N-methyl/N-ethyl adjacent to an activating group) is 1. The second kappa shape index (κ2) is 7.48. The molecule has 4 aliphatic rings. The number of hydrogen-bond donors (Lipinski definition) is 3. The van der Waals surface area contributed by atoms with Crippen molar-refractivity contribution in [3.8, 4) is 5.75 Å². The van der Waals surface area contributed by atoms with Crippen LogP contribution in [0.4, 0.5) is 0 Å². The van der Waals surface area contributed by atoms with Gasteiger partial charge in [-0.2, -0.15) is 0 Å². The van der Waals surface area contributed by atoms with Gasteiger partial charge in [-0.3, -0.25) is 4.79 Å². The molecule has 1 amide bonds. The zero-order valence-electron chi connectivity index (χ0n) is 17.6. The van der Waals surface area contributed by atoms with Gasteiger partial charge in [0.05, 0.1) is 32.2 Å². The Hall–Kier alpha value is -2.14. The van der Waals surface area contributed by atoms with Gasteiger partial charge in [-0.15, -0.1) is 5.82 Å². The Bertz CT molecular complexity index is 917. The Kier molecular flexibility index (Phi) is 5.00. The number of benzene rings is 1. The topological polar surface area (TPSA) is 120 Å². The fourth-order valence-electron chi connectivity index (χ4n) is 5.37. The zero-order valence-corrected chi connectivity index (χ0v) is 17.6. The predicted molar refractivity (Wildman–Crippen MR) is 111 cm³/mol. The van der Waals surface area contributed by atoms with Gasteiger partial charge in [0.2, 0.25) is 12.5 Å². The van der Waals surface area contributed by atoms with E-state index in [9.17, 15) is 24.7 Å². The van der Waals surface area contributed by atoms with Crippen molar-refractivity contribution in [3.63, 3.8) is 0 Å². The van der Waals surface area contributed by atoms with E-state index in [1.54, 1.807) is 11.0 Å². The number of carbonyl (C=O) groups excluding carboxylic acids is 1. The molecule has 31 heavy (non-hydrogen) atoms. The van der Waals surface area contributed by atoms with E-state index >= 15 is 0 Å². The zero-order chi connectivity index (χ0) is 21.9. The summed E-state index contributed by atoms with van der Waals surface area (Å²) in [7, 11) is 2.01. The molecule has 0 unspecified atom stereocenters. The molecule has 3 aliphatic heterocycles. The number of hydrogen-bond acceptors (Lipinski definition) is 7. The fourth-order valence-corrected chi connectivity index (χ4v) is 5.37. The van der Waals surface area contributed by atoms with Crippen molar-refractivity contribution < 1.29 is 34.2 Å². The molecule has 1 aromatic carbocycles. The second-order valence-electron chi connectivity index (χ2n) is 9.53. The van der Waals surface area contributed by atoms with Crippen LogP contribution >= 0.6 is 0 Å². The summed E-state index contributed by atoms with van der Waals surface area (Å²) in [5, 5.41) is 30.5. The van der Waals surface area contributed by atoms with Crippen molar-refractivity contribution >= 4 is 18.4 Å². The lowest BCUT2D eigenvalue weighted by atomic mass is 9.45. The third kappa shape index (κ3) is 3.82. The Morgan fingerprint density at radius 3 is 2.74 bits per heavy atom. The third-order valence-electron chi connectivity index (χ3n) is 7.19. The standard InChI is InChI=1S/C21H28BN2O7/c1-23-4-5-30-12(9-23)6-19(25)24-10-13(11-24)31-18-3-2-14-15-7-17(15)22(28,29)8-16(14)20(18)21(26)27/h2-3,12-13,15,17,28-29H,4-11H2,1H3,(H,26,27)/q-1/t12-,15-,17-/m0/s1. The first-order valence-corrected chi connectivity index (χ1v) is 11.0. The molecule has 0 spiro atoms. The summed E-state index contributed by atoms with van der Waals surface area (Å²) in [5.74, 6) is -1.05. The highest BCUT2D eigenvalue weighted by Crippen LogP contribution is 2.62. The summed E-state index contributed by atoms with van der Waals surface area (Å²) < 4.78 is 11.6. The number of fused-ring (bicyclic) bond motifs is 3. The molecule has 3 N–H and O–H groups in total. The van der Waals surface area contributed by atoms with Crippen LogP contribution in [0, 0.1) is 0 Å². The van der Waals surface area contributed by atoms with E-state index in [0.717, 1.165) is 18.7 Å². The number of amides is 1. The summed E-state index contributed by atoms with van der Waals surface area (Å²) in [6.07, 6.45) is 0.567. The summed E-state index contributed by atoms with van der Waals surface area (Å²) in [5.41, 5.74) is 1.37. The highest BCUT2D eigenvalue weighted by molar-refractivity contribution is 6.67. The lowest BCUT2D eigenvalue weighted by molar-refractivity contribution is -0.144. The van der Waals surface area contributed by atoms with E-state index in [4.69, 9.17) is 9.47 Å². The maximum Gasteiger partial charge on any atom is 0.339 e. The molecule has 0 radical (unpaired) electrons. The molecular formula is C21H28BN2O7-. The molecule has 1 saturated carbocycles. The van der Waals surface area contributed by atoms with Gasteiger partial charge >= 0.3 is 5.97 Å². The maximum atomic E-state index is 12.5. The number of carbonyl (C=O) groups is 2. The van der Waals surface area contributed by atoms with Crippen molar-refractivity contribution in [2.24, 2.45) is 0 Å². The predicted octanol–water partition coefficient (Wildman–Crippen LogP) is 0.0747. The van der Waals surface area contributed by atoms with E-state index in [1.807, 2.05) is 13.1 Å². The average molecular weight is 431 g/mol. The minimum absolute atomic E-state index is 0.0110. The van der Waals surface area contributed by atoms with Crippen LogP contribution in [0.15, 0.2) is 12.1 Å². The lowest BCUT2D eigenvalue weighted by Gasteiger charge is -2.41. The normalized spacial score (nSPS) is 29.5. The van der Waals surface area contributed by atoms with Gasteiger partial charge < -0.3 is 34.4 Å². The van der Waals surface area contributed by atoms with Gasteiger partial charge in [-0.1, -0.05) is 24.4 Å². The molecule has 3 atom stereocenters. The van der Waals surface area contributed by atoms with Crippen molar-refractivity contribution in [1.29, 1.82) is 0 Å². The molecule has 2 saturated heterocycles. The first-order chi connectivity index (χ1) is 14.7. The maximum absolute atomic E-state index is 12.5. The Morgan fingerprint density at radius 2 is 2.03 bits per heavy atom. The minimum atomic E-state index is -2.58. The summed E-state index contributed by atoms with van der Waals surface area (Å²) in [6, 6.07) is 3.52. The SMILES string of the molecule is CN1CCO[C@@H](CC(=O)N2CC(Oc3ccc4c(c3C(=O)O)C[B-](O)(O)[C@H]3C[C@@H]43)C2)C1. The van der Waals surface area contributed by atoms with Crippen molar-refractivity contribution in [2.45, 2.75) is 43.1 Å². The molecule has 1 aliphatic carbocycles. The monoisotopic (exact) mass is 431 g/mol. The highest BCUT2D eigenvalue weighted by Gasteiger charge is 2.52. The lowest BCUT2D eigenvalue weighted by Crippen LogP contribution is -2.57. The first-order valence-electron chi connectivity index (χ1n) is 11.0. The van der Waals surface area contributed by atoms with Gasteiger partial charge in [0.1, 0.15) is 17.4 Å². The fraction of sp³-hybridized carbons (Fsp3) is 0.619. The molecule has 3 fully saturated rings. The van der Waals surface area contributed by atoms with Crippen LogP contribution in [0.3, 0.4) is 0 Å². The number of carboxylic acid groups (broad SMARTS) is 1. The van der Waals surface area contributed by atoms with Crippen LogP contribution in [0.1, 0.15) is 40.2 Å². The van der Waals surface area contributed by atoms with Crippen LogP contribution in [0.2, 0.25) is 5.82 Å². The molecule has 1 aromatic rings. The number of nitrogens with zero attached hydrogens (tertiary/aromatic N) is 2. The van der Waals surface area contributed by atoms with Gasteiger partial charge in [0.15, 0.2) is 0 Å². The molecule has 0 bridgehead atoms. The smallest absolute Gasteiger partial charge is 0.339 e. The molecule has 10 heteroatoms. The van der Waals surface area contributed by atoms with Crippen molar-refractivity contribution in [2.75, 3.05) is 39.8 Å². The number of rotatable bonds is 5. The van der Waals surface area contributed by atoms with Gasteiger partial charge in [-0.05, 0) is 24.6 Å². The second-order valence-corrected chi connectivity index (χ2v) is 9.53. The number of ether oxygens (including phenoxy) is 2. The van der Waals surface area contributed by atoms with Gasteiger partial charge in [0.25, 0.3) is 0 Å². The van der Waals surface area contributed by atoms with Crippen LogP contribution in [0.5, 0.6) is 5.75 Å². The summed E-state index contributed by atoms with van der Waals surface area (Å²) >= 11 is 0. The molecule has 0 aromatic heterocycles. The van der Waals surface area contributed by atoms with E-state index in [0.29, 0.717) is 38.1 Å². The molecule has 5 rings (SSSR count). The van der Waals surface area contributed by atoms with Crippen LogP contribution in [-0.4, -0.2) is 95.4 Å². The molecule has 3 heterocycles. The molecule has 168 valence electrons. The number of likely N-dealkylation sites (tertiary alicyclic amines) is 1. The first kappa shape index (κ1) is 20.8. The summed E-state index contributed by atoms with van der Waals surface area (Å²) in [4.78, 5) is 28.4. The number of aromatic carboxylic acids is 1. The van der Waals surface area contributed by atoms with E-state index in [1.165, 1.54) is 0 Å². The Morgan fingerprint density at radius 1 is 1.26 bits per heavy atom. The Labute approximate surface area is 180 Å². The number of carboxylic acids is 1. The van der Waals surface area contributed by atoms with Crippen LogP contribution < -0.4 is 4.74 Å². The minimum Gasteiger partial charge on any atom is -0.583 e. The summed E-state index contributed by atoms with van der Waals surface area (Å²) in [6.45, 7) is 0.443. The molecular weight excluding hydrogens is 403 g/mol. The van der Waals surface area contributed by atoms with Crippen LogP contribution in [-0.2, 0) is 15.9 Å². The van der Waals surface area contributed by atoms with E-state index < -0.39 is 12.5 Å². The van der Waals surface area contributed by atoms with Crippen LogP contribution in [0.25, 0.3) is 0 Å². The van der Waals surface area contributed by atoms with Crippen molar-refractivity contribution in [3.05, 3.63) is 28.8 Å². The largest absolute Gasteiger partial charge is 0.583 e. The number of morpholine rings is 1. The quantitative estimate of drug-likeness (QED) is 0.561. The Balaban J connectivity index is 1.24. The van der Waals surface area contributed by atoms with Crippen molar-refractivity contribution in [1.82, 2.24) is 9.80 Å².